The molecule has 0 fully saturated rings. The van der Waals surface area contributed by atoms with Crippen LogP contribution in [-0.4, -0.2) is 25.5 Å². The molecule has 6 nitrogen and oxygen atoms in total. The van der Waals surface area contributed by atoms with E-state index in [1.54, 1.807) is 19.3 Å². The van der Waals surface area contributed by atoms with Gasteiger partial charge in [0.2, 0.25) is 0 Å². The Morgan fingerprint density at radius 2 is 1.76 bits per heavy atom. The quantitative estimate of drug-likeness (QED) is 0.497. The summed E-state index contributed by atoms with van der Waals surface area (Å²) in [6, 6.07) is 17.2. The molecule has 0 saturated carbocycles. The van der Waals surface area contributed by atoms with Gasteiger partial charge in [-0.1, -0.05) is 30.3 Å². The van der Waals surface area contributed by atoms with Crippen LogP contribution in [0, 0.1) is 5.82 Å². The summed E-state index contributed by atoms with van der Waals surface area (Å²) in [5.41, 5.74) is 5.27. The maximum atomic E-state index is 13.4. The van der Waals surface area contributed by atoms with Crippen LogP contribution in [0.5, 0.6) is 11.5 Å². The minimum absolute atomic E-state index is 0.0391. The summed E-state index contributed by atoms with van der Waals surface area (Å²) in [6.45, 7) is -0.431. The lowest BCUT2D eigenvalue weighted by molar-refractivity contribution is -0.128. The second kappa shape index (κ2) is 9.36. The zero-order chi connectivity index (χ0) is 20.6. The fraction of sp³-hybridized carbons (Fsp3) is 0.0909. The first-order chi connectivity index (χ1) is 14.0. The lowest BCUT2D eigenvalue weighted by Crippen LogP contribution is -2.43. The first-order valence-corrected chi connectivity index (χ1v) is 8.77. The predicted octanol–water partition coefficient (Wildman–Crippen LogP) is 3.23. The van der Waals surface area contributed by atoms with Crippen molar-refractivity contribution in [2.45, 2.75) is 0 Å². The number of fused-ring (bicyclic) bond motifs is 1. The number of hydrogen-bond donors (Lipinski definition) is 2. The van der Waals surface area contributed by atoms with E-state index in [1.165, 1.54) is 24.3 Å². The van der Waals surface area contributed by atoms with Crippen molar-refractivity contribution < 1.29 is 23.5 Å². The van der Waals surface area contributed by atoms with E-state index in [9.17, 15) is 14.0 Å². The van der Waals surface area contributed by atoms with Crippen LogP contribution in [0.1, 0.15) is 5.56 Å². The van der Waals surface area contributed by atoms with E-state index in [4.69, 9.17) is 9.47 Å². The fourth-order valence-corrected chi connectivity index (χ4v) is 2.56. The van der Waals surface area contributed by atoms with Crippen molar-refractivity contribution in [1.29, 1.82) is 0 Å². The Bertz CT molecular complexity index is 1070. The third-order valence-corrected chi connectivity index (χ3v) is 4.02. The molecule has 0 unspecified atom stereocenters. The summed E-state index contributed by atoms with van der Waals surface area (Å²) < 4.78 is 23.7. The number of carbonyl (C=O) groups excluding carboxylic acids is 2. The molecule has 3 rings (SSSR count). The molecule has 0 aliphatic rings. The minimum Gasteiger partial charge on any atom is -0.497 e. The van der Waals surface area contributed by atoms with Crippen LogP contribution in [0.3, 0.4) is 0 Å². The van der Waals surface area contributed by atoms with Crippen LogP contribution < -0.4 is 20.3 Å². The molecule has 0 spiro atoms. The van der Waals surface area contributed by atoms with Gasteiger partial charge in [0.15, 0.2) is 18.2 Å². The van der Waals surface area contributed by atoms with Gasteiger partial charge in [0.25, 0.3) is 11.8 Å². The summed E-state index contributed by atoms with van der Waals surface area (Å²) in [5, 5.41) is 2.03. The lowest BCUT2D eigenvalue weighted by Gasteiger charge is -2.08. The number of hydrogen-bond acceptors (Lipinski definition) is 4. The van der Waals surface area contributed by atoms with Gasteiger partial charge in [0.05, 0.1) is 7.11 Å². The Labute approximate surface area is 166 Å². The molecule has 0 atom stereocenters. The molecule has 3 aromatic rings. The summed E-state index contributed by atoms with van der Waals surface area (Å²) >= 11 is 0. The van der Waals surface area contributed by atoms with Crippen molar-refractivity contribution in [3.05, 3.63) is 78.1 Å². The number of nitrogens with one attached hydrogen (secondary N) is 2. The third kappa shape index (κ3) is 5.55. The van der Waals surface area contributed by atoms with Crippen molar-refractivity contribution in [1.82, 2.24) is 10.9 Å². The molecule has 0 bridgehead atoms. The molecule has 3 aromatic carbocycles. The maximum absolute atomic E-state index is 13.4. The summed E-state index contributed by atoms with van der Waals surface area (Å²) in [6.07, 6.45) is 2.92. The van der Waals surface area contributed by atoms with E-state index >= 15 is 0 Å². The number of rotatable bonds is 6. The van der Waals surface area contributed by atoms with Crippen molar-refractivity contribution in [2.24, 2.45) is 0 Å². The number of ether oxygens (including phenoxy) is 2. The Hall–Kier alpha value is -3.87. The van der Waals surface area contributed by atoms with Crippen molar-refractivity contribution in [2.75, 3.05) is 13.7 Å². The van der Waals surface area contributed by atoms with E-state index in [0.29, 0.717) is 0 Å². The highest BCUT2D eigenvalue weighted by Crippen LogP contribution is 2.22. The van der Waals surface area contributed by atoms with E-state index < -0.39 is 24.2 Å². The van der Waals surface area contributed by atoms with Gasteiger partial charge >= 0.3 is 0 Å². The maximum Gasteiger partial charge on any atom is 0.276 e. The van der Waals surface area contributed by atoms with Crippen LogP contribution in [0.4, 0.5) is 4.39 Å². The van der Waals surface area contributed by atoms with Gasteiger partial charge in [0, 0.05) is 6.08 Å². The van der Waals surface area contributed by atoms with Crippen LogP contribution in [0.2, 0.25) is 0 Å². The first kappa shape index (κ1) is 19.9. The Balaban J connectivity index is 1.49. The molecule has 0 radical (unpaired) electrons. The number of para-hydroxylation sites is 1. The van der Waals surface area contributed by atoms with Gasteiger partial charge in [-0.3, -0.25) is 20.4 Å². The predicted molar refractivity (Wildman–Crippen MR) is 108 cm³/mol. The molecule has 7 heteroatoms. The summed E-state index contributed by atoms with van der Waals surface area (Å²) in [4.78, 5) is 23.6. The Morgan fingerprint density at radius 3 is 2.55 bits per heavy atom. The molecular weight excluding hydrogens is 375 g/mol. The number of halogens is 1. The fourth-order valence-electron chi connectivity index (χ4n) is 2.56. The average Bonchev–Trinajstić information content (AvgIpc) is 2.75. The van der Waals surface area contributed by atoms with Gasteiger partial charge in [0.1, 0.15) is 5.75 Å². The second-order valence-electron chi connectivity index (χ2n) is 6.06. The summed E-state index contributed by atoms with van der Waals surface area (Å²) in [5.74, 6) is -0.965. The first-order valence-electron chi connectivity index (χ1n) is 8.77. The van der Waals surface area contributed by atoms with Gasteiger partial charge in [-0.25, -0.2) is 4.39 Å². The Morgan fingerprint density at radius 1 is 1.00 bits per heavy atom. The molecule has 0 aromatic heterocycles. The highest BCUT2D eigenvalue weighted by atomic mass is 19.1. The largest absolute Gasteiger partial charge is 0.497 e. The molecule has 0 aliphatic carbocycles. The molecule has 0 heterocycles. The number of amides is 2. The van der Waals surface area contributed by atoms with Gasteiger partial charge in [-0.15, -0.1) is 0 Å². The standard InChI is InChI=1S/C22H19FN2O4/c1-28-18-10-9-16-12-15(6-8-17(16)13-18)7-11-21(26)24-25-22(27)14-29-20-5-3-2-4-19(20)23/h2-13H,14H2,1H3,(H,24,26)(H,25,27)/b11-7+. The second-order valence-corrected chi connectivity index (χ2v) is 6.06. The molecule has 2 amide bonds. The smallest absolute Gasteiger partial charge is 0.276 e. The van der Waals surface area contributed by atoms with E-state index in [-0.39, 0.29) is 5.75 Å². The summed E-state index contributed by atoms with van der Waals surface area (Å²) in [7, 11) is 1.61. The van der Waals surface area contributed by atoms with Crippen molar-refractivity contribution in [3.63, 3.8) is 0 Å². The van der Waals surface area contributed by atoms with Crippen LogP contribution in [0.25, 0.3) is 16.8 Å². The van der Waals surface area contributed by atoms with E-state index in [2.05, 4.69) is 10.9 Å². The van der Waals surface area contributed by atoms with Crippen molar-refractivity contribution in [3.8, 4) is 11.5 Å². The number of carbonyl (C=O) groups is 2. The topological polar surface area (TPSA) is 76.7 Å². The van der Waals surface area contributed by atoms with Gasteiger partial charge in [-0.2, -0.15) is 0 Å². The zero-order valence-electron chi connectivity index (χ0n) is 15.6. The highest BCUT2D eigenvalue weighted by Gasteiger charge is 2.06. The molecule has 29 heavy (non-hydrogen) atoms. The molecular formula is C22H19FN2O4. The van der Waals surface area contributed by atoms with E-state index in [0.717, 1.165) is 22.1 Å². The van der Waals surface area contributed by atoms with Gasteiger partial charge in [-0.05, 0) is 52.7 Å². The number of methoxy groups -OCH3 is 1. The molecule has 148 valence electrons. The average molecular weight is 394 g/mol. The Kier molecular flexibility index (Phi) is 6.42. The van der Waals surface area contributed by atoms with Gasteiger partial charge < -0.3 is 9.47 Å². The number of benzene rings is 3. The van der Waals surface area contributed by atoms with Crippen LogP contribution in [0.15, 0.2) is 66.7 Å². The molecule has 0 saturated heterocycles. The van der Waals surface area contributed by atoms with Crippen LogP contribution in [-0.2, 0) is 9.59 Å². The van der Waals surface area contributed by atoms with E-state index in [1.807, 2.05) is 36.4 Å². The number of hydrazine groups is 1. The third-order valence-electron chi connectivity index (χ3n) is 4.02. The highest BCUT2D eigenvalue weighted by molar-refractivity contribution is 5.94. The normalized spacial score (nSPS) is 10.7. The minimum atomic E-state index is -0.616. The monoisotopic (exact) mass is 394 g/mol. The zero-order valence-corrected chi connectivity index (χ0v) is 15.6. The van der Waals surface area contributed by atoms with Crippen LogP contribution >= 0.6 is 0 Å². The molecule has 2 N–H and O–H groups in total. The lowest BCUT2D eigenvalue weighted by atomic mass is 10.1. The molecule has 0 aliphatic heterocycles. The van der Waals surface area contributed by atoms with Crippen molar-refractivity contribution >= 4 is 28.7 Å². The SMILES string of the molecule is COc1ccc2cc(/C=C/C(=O)NNC(=O)COc3ccccc3F)ccc2c1.